The summed E-state index contributed by atoms with van der Waals surface area (Å²) >= 11 is 0. The monoisotopic (exact) mass is 499 g/mol. The maximum absolute atomic E-state index is 11.3. The Morgan fingerprint density at radius 1 is 0.865 bits per heavy atom. The van der Waals surface area contributed by atoms with Gasteiger partial charge in [0, 0.05) is 24.3 Å². The van der Waals surface area contributed by atoms with Crippen molar-refractivity contribution in [2.24, 2.45) is 0 Å². The number of para-hydroxylation sites is 1. The molecule has 4 rings (SSSR count). The molecule has 0 bridgehead atoms. The van der Waals surface area contributed by atoms with Gasteiger partial charge in [0.25, 0.3) is 0 Å². The highest BCUT2D eigenvalue weighted by Crippen LogP contribution is 2.32. The van der Waals surface area contributed by atoms with E-state index in [2.05, 4.69) is 41.8 Å². The van der Waals surface area contributed by atoms with Crippen LogP contribution < -0.4 is 9.47 Å². The summed E-state index contributed by atoms with van der Waals surface area (Å²) < 4.78 is 19.8. The normalized spacial score (nSPS) is 11.7. The SMILES string of the molecule is CCOC(Cc1ccc(OCCn2c(C)ccc2-c2ccccc2OCc2ccccc2)cc1)C(=O)O. The van der Waals surface area contributed by atoms with Gasteiger partial charge in [0.2, 0.25) is 0 Å². The molecule has 1 N–H and O–H groups in total. The van der Waals surface area contributed by atoms with Gasteiger partial charge in [-0.1, -0.05) is 54.6 Å². The number of nitrogens with zero attached hydrogens (tertiary/aromatic N) is 1. The van der Waals surface area contributed by atoms with Crippen LogP contribution in [0.5, 0.6) is 11.5 Å². The number of aryl methyl sites for hydroxylation is 1. The van der Waals surface area contributed by atoms with Crippen LogP contribution in [0.2, 0.25) is 0 Å². The average molecular weight is 500 g/mol. The van der Waals surface area contributed by atoms with E-state index in [0.717, 1.165) is 39.6 Å². The van der Waals surface area contributed by atoms with E-state index < -0.39 is 12.1 Å². The fourth-order valence-corrected chi connectivity index (χ4v) is 4.25. The molecule has 0 amide bonds. The summed E-state index contributed by atoms with van der Waals surface area (Å²) in [6, 6.07) is 30.0. The molecule has 4 aromatic rings. The van der Waals surface area contributed by atoms with Gasteiger partial charge in [0.15, 0.2) is 6.10 Å². The van der Waals surface area contributed by atoms with Crippen molar-refractivity contribution in [2.45, 2.75) is 39.5 Å². The molecular weight excluding hydrogens is 466 g/mol. The van der Waals surface area contributed by atoms with Crippen molar-refractivity contribution >= 4 is 5.97 Å². The number of aliphatic carboxylic acids is 1. The van der Waals surface area contributed by atoms with Crippen LogP contribution in [0.15, 0.2) is 91.0 Å². The molecule has 192 valence electrons. The first-order valence-electron chi connectivity index (χ1n) is 12.5. The van der Waals surface area contributed by atoms with Crippen molar-refractivity contribution in [2.75, 3.05) is 13.2 Å². The van der Waals surface area contributed by atoms with E-state index in [9.17, 15) is 9.90 Å². The van der Waals surface area contributed by atoms with Crippen molar-refractivity contribution < 1.29 is 24.1 Å². The molecule has 0 spiro atoms. The Labute approximate surface area is 218 Å². The van der Waals surface area contributed by atoms with Crippen molar-refractivity contribution in [1.82, 2.24) is 4.57 Å². The molecule has 1 unspecified atom stereocenters. The molecule has 1 aromatic heterocycles. The van der Waals surface area contributed by atoms with Crippen LogP contribution in [0.1, 0.15) is 23.7 Å². The van der Waals surface area contributed by atoms with E-state index in [0.29, 0.717) is 32.8 Å². The quantitative estimate of drug-likeness (QED) is 0.239. The Morgan fingerprint density at radius 2 is 1.59 bits per heavy atom. The third-order valence-corrected chi connectivity index (χ3v) is 6.17. The largest absolute Gasteiger partial charge is 0.492 e. The molecule has 0 saturated heterocycles. The lowest BCUT2D eigenvalue weighted by molar-refractivity contribution is -0.149. The van der Waals surface area contributed by atoms with Gasteiger partial charge in [-0.3, -0.25) is 0 Å². The van der Waals surface area contributed by atoms with Crippen LogP contribution in [-0.4, -0.2) is 35.0 Å². The average Bonchev–Trinajstić information content (AvgIpc) is 3.28. The first-order valence-corrected chi connectivity index (χ1v) is 12.5. The van der Waals surface area contributed by atoms with E-state index in [-0.39, 0.29) is 0 Å². The predicted octanol–water partition coefficient (Wildman–Crippen LogP) is 6.15. The first kappa shape index (κ1) is 26.0. The van der Waals surface area contributed by atoms with Crippen LogP contribution in [0.25, 0.3) is 11.3 Å². The molecule has 0 saturated carbocycles. The zero-order chi connectivity index (χ0) is 26.0. The summed E-state index contributed by atoms with van der Waals surface area (Å²) in [5, 5.41) is 9.29. The van der Waals surface area contributed by atoms with Crippen molar-refractivity contribution in [3.63, 3.8) is 0 Å². The Balaban J connectivity index is 1.39. The number of hydrogen-bond acceptors (Lipinski definition) is 4. The second-order valence-electron chi connectivity index (χ2n) is 8.76. The summed E-state index contributed by atoms with van der Waals surface area (Å²) in [6.45, 7) is 5.92. The molecule has 0 radical (unpaired) electrons. The van der Waals surface area contributed by atoms with E-state index in [1.165, 1.54) is 0 Å². The Bertz CT molecular complexity index is 1280. The first-order chi connectivity index (χ1) is 18.0. The van der Waals surface area contributed by atoms with Gasteiger partial charge < -0.3 is 23.9 Å². The molecule has 1 atom stereocenters. The zero-order valence-electron chi connectivity index (χ0n) is 21.3. The summed E-state index contributed by atoms with van der Waals surface area (Å²) in [7, 11) is 0. The maximum Gasteiger partial charge on any atom is 0.333 e. The summed E-state index contributed by atoms with van der Waals surface area (Å²) in [5.41, 5.74) is 5.28. The second kappa shape index (κ2) is 12.8. The topological polar surface area (TPSA) is 69.9 Å². The minimum absolute atomic E-state index is 0.321. The van der Waals surface area contributed by atoms with Crippen molar-refractivity contribution in [3.05, 3.63) is 108 Å². The van der Waals surface area contributed by atoms with Gasteiger partial charge in [-0.15, -0.1) is 0 Å². The highest BCUT2D eigenvalue weighted by atomic mass is 16.5. The number of ether oxygens (including phenoxy) is 3. The third-order valence-electron chi connectivity index (χ3n) is 6.17. The van der Waals surface area contributed by atoms with Crippen LogP contribution >= 0.6 is 0 Å². The lowest BCUT2D eigenvalue weighted by atomic mass is 10.1. The van der Waals surface area contributed by atoms with Gasteiger partial charge >= 0.3 is 5.97 Å². The molecule has 0 aliphatic heterocycles. The van der Waals surface area contributed by atoms with Crippen molar-refractivity contribution in [3.8, 4) is 22.8 Å². The number of carbonyl (C=O) groups is 1. The van der Waals surface area contributed by atoms with E-state index in [1.807, 2.05) is 60.7 Å². The van der Waals surface area contributed by atoms with Gasteiger partial charge in [-0.2, -0.15) is 0 Å². The zero-order valence-corrected chi connectivity index (χ0v) is 21.3. The highest BCUT2D eigenvalue weighted by molar-refractivity contribution is 5.72. The molecule has 3 aromatic carbocycles. The van der Waals surface area contributed by atoms with Crippen LogP contribution in [0, 0.1) is 6.92 Å². The molecule has 0 aliphatic carbocycles. The number of carboxylic acids is 1. The Kier molecular flexibility index (Phi) is 9.00. The third kappa shape index (κ3) is 7.02. The van der Waals surface area contributed by atoms with Crippen LogP contribution in [0.4, 0.5) is 0 Å². The molecule has 6 nitrogen and oxygen atoms in total. The highest BCUT2D eigenvalue weighted by Gasteiger charge is 2.18. The fraction of sp³-hybridized carbons (Fsp3) is 0.258. The molecule has 1 heterocycles. The Hall–Kier alpha value is -4.03. The number of aromatic nitrogens is 1. The smallest absolute Gasteiger partial charge is 0.333 e. The minimum atomic E-state index is -0.952. The molecular formula is C31H33NO5. The molecule has 37 heavy (non-hydrogen) atoms. The molecule has 0 fully saturated rings. The number of carboxylic acid groups (broad SMARTS) is 1. The molecule has 0 aliphatic rings. The van der Waals surface area contributed by atoms with E-state index in [1.54, 1.807) is 6.92 Å². The predicted molar refractivity (Wildman–Crippen MR) is 144 cm³/mol. The summed E-state index contributed by atoms with van der Waals surface area (Å²) in [4.78, 5) is 11.3. The fourth-order valence-electron chi connectivity index (χ4n) is 4.25. The van der Waals surface area contributed by atoms with E-state index >= 15 is 0 Å². The number of benzene rings is 3. The molecule has 6 heteroatoms. The van der Waals surface area contributed by atoms with Crippen LogP contribution in [0.3, 0.4) is 0 Å². The lowest BCUT2D eigenvalue weighted by Gasteiger charge is -2.16. The Morgan fingerprint density at radius 3 is 2.32 bits per heavy atom. The van der Waals surface area contributed by atoms with Crippen LogP contribution in [-0.2, 0) is 29.1 Å². The van der Waals surface area contributed by atoms with Gasteiger partial charge in [-0.25, -0.2) is 4.79 Å². The summed E-state index contributed by atoms with van der Waals surface area (Å²) in [6.07, 6.45) is -0.521. The lowest BCUT2D eigenvalue weighted by Crippen LogP contribution is -2.26. The summed E-state index contributed by atoms with van der Waals surface area (Å²) in [5.74, 6) is 0.631. The maximum atomic E-state index is 11.3. The van der Waals surface area contributed by atoms with Gasteiger partial charge in [0.1, 0.15) is 24.7 Å². The van der Waals surface area contributed by atoms with E-state index in [4.69, 9.17) is 14.2 Å². The second-order valence-corrected chi connectivity index (χ2v) is 8.76. The number of hydrogen-bond donors (Lipinski definition) is 1. The van der Waals surface area contributed by atoms with Gasteiger partial charge in [0.05, 0.1) is 12.2 Å². The minimum Gasteiger partial charge on any atom is -0.492 e. The van der Waals surface area contributed by atoms with Gasteiger partial charge in [-0.05, 0) is 61.4 Å². The number of rotatable bonds is 13. The standard InChI is InChI=1S/C31H33NO5/c1-3-35-30(31(33)34)21-24-14-16-26(17-15-24)36-20-19-32-23(2)13-18-28(32)27-11-7-8-12-29(27)37-22-25-9-5-4-6-10-25/h4-18,30H,3,19-22H2,1-2H3,(H,33,34). The van der Waals surface area contributed by atoms with Crippen molar-refractivity contribution in [1.29, 1.82) is 0 Å².